The maximum absolute atomic E-state index is 11.1. The minimum Gasteiger partial charge on any atom is -0.495 e. The van der Waals surface area contributed by atoms with Gasteiger partial charge in [0.25, 0.3) is 0 Å². The fourth-order valence-electron chi connectivity index (χ4n) is 1.49. The second-order valence-electron chi connectivity index (χ2n) is 3.64. The van der Waals surface area contributed by atoms with E-state index in [1.807, 2.05) is 6.07 Å². The lowest BCUT2D eigenvalue weighted by Gasteiger charge is -2.12. The Hall–Kier alpha value is -1.18. The molecule has 2 aromatic rings. The lowest BCUT2D eigenvalue weighted by atomic mass is 10.2. The van der Waals surface area contributed by atoms with Gasteiger partial charge >= 0.3 is 0 Å². The van der Waals surface area contributed by atoms with Crippen molar-refractivity contribution in [1.82, 2.24) is 9.97 Å². The van der Waals surface area contributed by atoms with Crippen LogP contribution in [0.2, 0.25) is 5.15 Å². The van der Waals surface area contributed by atoms with Crippen molar-refractivity contribution in [2.75, 3.05) is 12.4 Å². The number of nitrogens with one attached hydrogen (secondary N) is 1. The van der Waals surface area contributed by atoms with Gasteiger partial charge in [-0.1, -0.05) is 11.6 Å². The number of aldehydes is 1. The lowest BCUT2D eigenvalue weighted by molar-refractivity contribution is 0.112. The first-order valence-electron chi connectivity index (χ1n) is 5.32. The Balaban J connectivity index is 2.45. The molecular formula is C12H8Br2ClN3O2. The number of halogens is 3. The summed E-state index contributed by atoms with van der Waals surface area (Å²) in [6.45, 7) is 0. The van der Waals surface area contributed by atoms with E-state index in [0.29, 0.717) is 23.5 Å². The summed E-state index contributed by atoms with van der Waals surface area (Å²) in [4.78, 5) is 18.8. The molecule has 0 atom stereocenters. The molecule has 2 rings (SSSR count). The van der Waals surface area contributed by atoms with Crippen molar-refractivity contribution in [3.8, 4) is 5.75 Å². The number of anilines is 2. The minimum absolute atomic E-state index is 0.0951. The monoisotopic (exact) mass is 419 g/mol. The molecule has 0 saturated heterocycles. The second-order valence-corrected chi connectivity index (χ2v) is 5.70. The number of hydrogen-bond donors (Lipinski definition) is 1. The Kier molecular flexibility index (Phi) is 4.95. The number of carbonyl (C=O) groups excluding carboxylic acids is 1. The molecule has 0 aliphatic carbocycles. The summed E-state index contributed by atoms with van der Waals surface area (Å²) in [7, 11) is 1.57. The smallest absolute Gasteiger partial charge is 0.156 e. The summed E-state index contributed by atoms with van der Waals surface area (Å²) in [5.74, 6) is 0.966. The molecule has 20 heavy (non-hydrogen) atoms. The second kappa shape index (κ2) is 6.51. The summed E-state index contributed by atoms with van der Waals surface area (Å²) in [6.07, 6.45) is 1.89. The molecule has 104 valence electrons. The SMILES string of the molecule is COc1cc(Nc2ncnc(Cl)c2C=O)c(Br)cc1Br. The Labute approximate surface area is 137 Å². The molecular weight excluding hydrogens is 413 g/mol. The number of carbonyl (C=O) groups is 1. The zero-order chi connectivity index (χ0) is 14.7. The van der Waals surface area contributed by atoms with Crippen LogP contribution in [-0.2, 0) is 0 Å². The largest absolute Gasteiger partial charge is 0.495 e. The third-order valence-corrected chi connectivity index (χ3v) is 4.02. The van der Waals surface area contributed by atoms with Crippen LogP contribution in [0.1, 0.15) is 10.4 Å². The van der Waals surface area contributed by atoms with E-state index in [2.05, 4.69) is 47.1 Å². The summed E-state index contributed by atoms with van der Waals surface area (Å²) in [6, 6.07) is 3.59. The van der Waals surface area contributed by atoms with E-state index in [9.17, 15) is 4.79 Å². The van der Waals surface area contributed by atoms with Crippen LogP contribution in [0, 0.1) is 0 Å². The average molecular weight is 421 g/mol. The lowest BCUT2D eigenvalue weighted by Crippen LogP contribution is -2.01. The molecule has 0 unspecified atom stereocenters. The third kappa shape index (κ3) is 3.11. The standard InChI is InChI=1S/C12H8Br2ClN3O2/c1-20-10-3-9(7(13)2-8(10)14)18-12-6(4-19)11(15)16-5-17-12/h2-5H,1H3,(H,16,17,18). The van der Waals surface area contributed by atoms with E-state index in [0.717, 1.165) is 8.95 Å². The molecule has 0 spiro atoms. The summed E-state index contributed by atoms with van der Waals surface area (Å²) < 4.78 is 6.80. The van der Waals surface area contributed by atoms with Gasteiger partial charge in [-0.25, -0.2) is 9.97 Å². The molecule has 5 nitrogen and oxygen atoms in total. The molecule has 0 amide bonds. The van der Waals surface area contributed by atoms with Gasteiger partial charge in [0.2, 0.25) is 0 Å². The topological polar surface area (TPSA) is 64.1 Å². The van der Waals surface area contributed by atoms with Crippen molar-refractivity contribution in [1.29, 1.82) is 0 Å². The van der Waals surface area contributed by atoms with Crippen LogP contribution >= 0.6 is 43.5 Å². The maximum Gasteiger partial charge on any atom is 0.156 e. The number of nitrogens with zero attached hydrogens (tertiary/aromatic N) is 2. The number of rotatable bonds is 4. The average Bonchev–Trinajstić information content (AvgIpc) is 2.42. The van der Waals surface area contributed by atoms with Crippen molar-refractivity contribution in [2.24, 2.45) is 0 Å². The molecule has 1 aromatic carbocycles. The van der Waals surface area contributed by atoms with Crippen LogP contribution < -0.4 is 10.1 Å². The fraction of sp³-hybridized carbons (Fsp3) is 0.0833. The Morgan fingerprint density at radius 2 is 2.05 bits per heavy atom. The van der Waals surface area contributed by atoms with E-state index >= 15 is 0 Å². The van der Waals surface area contributed by atoms with Crippen LogP contribution in [-0.4, -0.2) is 23.4 Å². The molecule has 0 aliphatic rings. The molecule has 0 radical (unpaired) electrons. The van der Waals surface area contributed by atoms with Crippen molar-refractivity contribution < 1.29 is 9.53 Å². The number of methoxy groups -OCH3 is 1. The van der Waals surface area contributed by atoms with E-state index < -0.39 is 0 Å². The van der Waals surface area contributed by atoms with Crippen molar-refractivity contribution >= 4 is 61.3 Å². The highest BCUT2D eigenvalue weighted by molar-refractivity contribution is 9.11. The van der Waals surface area contributed by atoms with Gasteiger partial charge < -0.3 is 10.1 Å². The highest BCUT2D eigenvalue weighted by atomic mass is 79.9. The number of benzene rings is 1. The van der Waals surface area contributed by atoms with E-state index in [4.69, 9.17) is 16.3 Å². The van der Waals surface area contributed by atoms with Gasteiger partial charge in [0, 0.05) is 10.5 Å². The van der Waals surface area contributed by atoms with Crippen LogP contribution in [0.5, 0.6) is 5.75 Å². The van der Waals surface area contributed by atoms with Gasteiger partial charge in [0.15, 0.2) is 6.29 Å². The van der Waals surface area contributed by atoms with Gasteiger partial charge in [-0.3, -0.25) is 4.79 Å². The molecule has 1 heterocycles. The van der Waals surface area contributed by atoms with Crippen molar-refractivity contribution in [3.63, 3.8) is 0 Å². The molecule has 0 bridgehead atoms. The highest BCUT2D eigenvalue weighted by Crippen LogP contribution is 2.36. The number of ether oxygens (including phenoxy) is 1. The van der Waals surface area contributed by atoms with Crippen LogP contribution in [0.4, 0.5) is 11.5 Å². The van der Waals surface area contributed by atoms with Crippen molar-refractivity contribution in [2.45, 2.75) is 0 Å². The number of hydrogen-bond acceptors (Lipinski definition) is 5. The van der Waals surface area contributed by atoms with Crippen LogP contribution in [0.3, 0.4) is 0 Å². The Morgan fingerprint density at radius 1 is 1.30 bits per heavy atom. The first-order valence-corrected chi connectivity index (χ1v) is 7.29. The predicted octanol–water partition coefficient (Wildman–Crippen LogP) is 4.22. The third-order valence-electron chi connectivity index (χ3n) is 2.45. The van der Waals surface area contributed by atoms with E-state index in [-0.39, 0.29) is 10.7 Å². The Morgan fingerprint density at radius 3 is 2.70 bits per heavy atom. The summed E-state index contributed by atoms with van der Waals surface area (Å²) in [5, 5.41) is 3.12. The number of aromatic nitrogens is 2. The maximum atomic E-state index is 11.1. The molecule has 0 aliphatic heterocycles. The molecule has 8 heteroatoms. The zero-order valence-corrected chi connectivity index (χ0v) is 14.1. The Bertz CT molecular complexity index is 667. The zero-order valence-electron chi connectivity index (χ0n) is 10.2. The van der Waals surface area contributed by atoms with Gasteiger partial charge in [-0.2, -0.15) is 0 Å². The molecule has 0 saturated carbocycles. The quantitative estimate of drug-likeness (QED) is 0.592. The summed E-state index contributed by atoms with van der Waals surface area (Å²) >= 11 is 12.7. The first-order chi connectivity index (χ1) is 9.56. The van der Waals surface area contributed by atoms with Crippen LogP contribution in [0.25, 0.3) is 0 Å². The van der Waals surface area contributed by atoms with Crippen molar-refractivity contribution in [3.05, 3.63) is 38.1 Å². The molecule has 1 N–H and O–H groups in total. The van der Waals surface area contributed by atoms with Crippen LogP contribution in [0.15, 0.2) is 27.4 Å². The van der Waals surface area contributed by atoms with E-state index in [1.54, 1.807) is 13.2 Å². The normalized spacial score (nSPS) is 10.2. The van der Waals surface area contributed by atoms with Gasteiger partial charge in [-0.15, -0.1) is 0 Å². The first kappa shape index (κ1) is 15.2. The molecule has 0 fully saturated rings. The fourth-order valence-corrected chi connectivity index (χ4v) is 2.92. The molecule has 1 aromatic heterocycles. The van der Waals surface area contributed by atoms with Gasteiger partial charge in [-0.05, 0) is 37.9 Å². The minimum atomic E-state index is 0.0951. The van der Waals surface area contributed by atoms with Gasteiger partial charge in [0.05, 0.1) is 22.8 Å². The van der Waals surface area contributed by atoms with E-state index in [1.165, 1.54) is 6.33 Å². The van der Waals surface area contributed by atoms with Gasteiger partial charge in [0.1, 0.15) is 23.0 Å². The summed E-state index contributed by atoms with van der Waals surface area (Å²) in [5.41, 5.74) is 0.880. The highest BCUT2D eigenvalue weighted by Gasteiger charge is 2.12. The predicted molar refractivity (Wildman–Crippen MR) is 84.1 cm³/mol.